The number of fused-ring (bicyclic) bond motifs is 1. The normalized spacial score (nSPS) is 13.0. The van der Waals surface area contributed by atoms with Crippen LogP contribution < -0.4 is 5.32 Å². The van der Waals surface area contributed by atoms with E-state index in [9.17, 15) is 4.79 Å². The highest BCUT2D eigenvalue weighted by Gasteiger charge is 2.12. The molecule has 0 aliphatic heterocycles. The summed E-state index contributed by atoms with van der Waals surface area (Å²) in [5, 5.41) is 2.98. The topological polar surface area (TPSA) is 29.1 Å². The molecule has 0 saturated carbocycles. The molecule has 3 rings (SSSR count). The lowest BCUT2D eigenvalue weighted by molar-refractivity contribution is -0.115. The van der Waals surface area contributed by atoms with E-state index in [1.807, 2.05) is 30.5 Å². The molecule has 1 aliphatic rings. The molecule has 0 spiro atoms. The fraction of sp³-hybridized carbons (Fsp3) is 0.278. The SMILES string of the molecule is CSc1cccc(NC(=O)Cc2ccc3c(c2)CCC3)c1. The Balaban J connectivity index is 1.66. The summed E-state index contributed by atoms with van der Waals surface area (Å²) in [6.45, 7) is 0. The number of rotatable bonds is 4. The summed E-state index contributed by atoms with van der Waals surface area (Å²) in [6.07, 6.45) is 6.05. The van der Waals surface area contributed by atoms with Crippen molar-refractivity contribution >= 4 is 23.4 Å². The maximum atomic E-state index is 12.2. The number of nitrogens with one attached hydrogen (secondary N) is 1. The quantitative estimate of drug-likeness (QED) is 0.862. The van der Waals surface area contributed by atoms with Crippen LogP contribution >= 0.6 is 11.8 Å². The highest BCUT2D eigenvalue weighted by molar-refractivity contribution is 7.98. The third-order valence-electron chi connectivity index (χ3n) is 3.88. The van der Waals surface area contributed by atoms with Gasteiger partial charge in [0, 0.05) is 10.6 Å². The highest BCUT2D eigenvalue weighted by atomic mass is 32.2. The van der Waals surface area contributed by atoms with Gasteiger partial charge in [-0.25, -0.2) is 0 Å². The second-order valence-electron chi connectivity index (χ2n) is 5.41. The molecule has 1 amide bonds. The standard InChI is InChI=1S/C18H19NOS/c1-21-17-7-3-6-16(12-17)19-18(20)11-13-8-9-14-4-2-5-15(14)10-13/h3,6-10,12H,2,4-5,11H2,1H3,(H,19,20). The van der Waals surface area contributed by atoms with Crippen LogP contribution in [0.4, 0.5) is 5.69 Å². The summed E-state index contributed by atoms with van der Waals surface area (Å²) in [7, 11) is 0. The number of amides is 1. The summed E-state index contributed by atoms with van der Waals surface area (Å²) in [5.74, 6) is 0.0474. The van der Waals surface area contributed by atoms with Gasteiger partial charge in [-0.2, -0.15) is 0 Å². The van der Waals surface area contributed by atoms with Gasteiger partial charge in [0.2, 0.25) is 5.91 Å². The van der Waals surface area contributed by atoms with E-state index in [0.717, 1.165) is 22.6 Å². The van der Waals surface area contributed by atoms with Crippen LogP contribution in [0.5, 0.6) is 0 Å². The number of thioether (sulfide) groups is 1. The molecule has 0 bridgehead atoms. The zero-order valence-corrected chi connectivity index (χ0v) is 13.0. The van der Waals surface area contributed by atoms with Gasteiger partial charge in [-0.05, 0) is 60.4 Å². The molecule has 0 atom stereocenters. The summed E-state index contributed by atoms with van der Waals surface area (Å²) < 4.78 is 0. The third-order valence-corrected chi connectivity index (χ3v) is 4.61. The van der Waals surface area contributed by atoms with Gasteiger partial charge in [0.15, 0.2) is 0 Å². The Hall–Kier alpha value is -1.74. The Bertz CT molecular complexity index is 666. The van der Waals surface area contributed by atoms with Gasteiger partial charge < -0.3 is 5.32 Å². The van der Waals surface area contributed by atoms with Crippen LogP contribution in [0.2, 0.25) is 0 Å². The summed E-state index contributed by atoms with van der Waals surface area (Å²) in [5.41, 5.74) is 4.85. The minimum absolute atomic E-state index is 0.0474. The van der Waals surface area contributed by atoms with E-state index in [-0.39, 0.29) is 5.91 Å². The van der Waals surface area contributed by atoms with E-state index < -0.39 is 0 Å². The van der Waals surface area contributed by atoms with Crippen LogP contribution in [-0.2, 0) is 24.1 Å². The molecule has 108 valence electrons. The molecule has 2 nitrogen and oxygen atoms in total. The number of carbonyl (C=O) groups is 1. The molecule has 0 saturated heterocycles. The van der Waals surface area contributed by atoms with E-state index in [1.165, 1.54) is 24.0 Å². The van der Waals surface area contributed by atoms with Crippen LogP contribution in [-0.4, -0.2) is 12.2 Å². The van der Waals surface area contributed by atoms with Gasteiger partial charge in [0.1, 0.15) is 0 Å². The number of benzene rings is 2. The van der Waals surface area contributed by atoms with E-state index in [4.69, 9.17) is 0 Å². The number of hydrogen-bond donors (Lipinski definition) is 1. The molecule has 1 aliphatic carbocycles. The van der Waals surface area contributed by atoms with E-state index in [2.05, 4.69) is 23.5 Å². The predicted molar refractivity (Wildman–Crippen MR) is 89.0 cm³/mol. The van der Waals surface area contributed by atoms with Crippen molar-refractivity contribution in [2.24, 2.45) is 0 Å². The second kappa shape index (κ2) is 6.35. The Morgan fingerprint density at radius 2 is 2.00 bits per heavy atom. The lowest BCUT2D eigenvalue weighted by atomic mass is 10.0. The maximum absolute atomic E-state index is 12.2. The van der Waals surface area contributed by atoms with Gasteiger partial charge in [-0.3, -0.25) is 4.79 Å². The Morgan fingerprint density at radius 1 is 1.14 bits per heavy atom. The fourth-order valence-corrected chi connectivity index (χ4v) is 3.29. The van der Waals surface area contributed by atoms with Crippen molar-refractivity contribution in [1.29, 1.82) is 0 Å². The molecular formula is C18H19NOS. The van der Waals surface area contributed by atoms with E-state index >= 15 is 0 Å². The van der Waals surface area contributed by atoms with E-state index in [0.29, 0.717) is 6.42 Å². The largest absolute Gasteiger partial charge is 0.326 e. The Labute approximate surface area is 130 Å². The summed E-state index contributed by atoms with van der Waals surface area (Å²) in [6, 6.07) is 14.4. The number of anilines is 1. The molecule has 0 aromatic heterocycles. The molecule has 0 radical (unpaired) electrons. The Kier molecular flexibility index (Phi) is 4.30. The number of carbonyl (C=O) groups excluding carboxylic acids is 1. The van der Waals surface area contributed by atoms with Crippen LogP contribution in [0.1, 0.15) is 23.1 Å². The predicted octanol–water partition coefficient (Wildman–Crippen LogP) is 4.08. The zero-order valence-electron chi connectivity index (χ0n) is 12.2. The zero-order chi connectivity index (χ0) is 14.7. The van der Waals surface area contributed by atoms with Crippen molar-refractivity contribution in [2.45, 2.75) is 30.6 Å². The molecule has 0 unspecified atom stereocenters. The van der Waals surface area contributed by atoms with Gasteiger partial charge in [-0.15, -0.1) is 11.8 Å². The van der Waals surface area contributed by atoms with E-state index in [1.54, 1.807) is 11.8 Å². The molecule has 21 heavy (non-hydrogen) atoms. The first-order valence-corrected chi connectivity index (χ1v) is 8.51. The molecule has 0 heterocycles. The number of hydrogen-bond acceptors (Lipinski definition) is 2. The summed E-state index contributed by atoms with van der Waals surface area (Å²) >= 11 is 1.68. The molecule has 0 fully saturated rings. The van der Waals surface area contributed by atoms with Crippen molar-refractivity contribution in [2.75, 3.05) is 11.6 Å². The third kappa shape index (κ3) is 3.48. The summed E-state index contributed by atoms with van der Waals surface area (Å²) in [4.78, 5) is 13.3. The Morgan fingerprint density at radius 3 is 2.86 bits per heavy atom. The van der Waals surface area contributed by atoms with Crippen LogP contribution in [0, 0.1) is 0 Å². The lowest BCUT2D eigenvalue weighted by Crippen LogP contribution is -2.14. The molecule has 3 heteroatoms. The van der Waals surface area contributed by atoms with Gasteiger partial charge >= 0.3 is 0 Å². The van der Waals surface area contributed by atoms with Crippen LogP contribution in [0.3, 0.4) is 0 Å². The fourth-order valence-electron chi connectivity index (χ4n) is 2.83. The van der Waals surface area contributed by atoms with Crippen molar-refractivity contribution in [3.8, 4) is 0 Å². The monoisotopic (exact) mass is 297 g/mol. The van der Waals surface area contributed by atoms with Gasteiger partial charge in [0.05, 0.1) is 6.42 Å². The molecule has 2 aromatic carbocycles. The molecule has 1 N–H and O–H groups in total. The average Bonchev–Trinajstić information content (AvgIpc) is 2.95. The van der Waals surface area contributed by atoms with Gasteiger partial charge in [-0.1, -0.05) is 24.3 Å². The van der Waals surface area contributed by atoms with Gasteiger partial charge in [0.25, 0.3) is 0 Å². The average molecular weight is 297 g/mol. The molecular weight excluding hydrogens is 278 g/mol. The molecule has 2 aromatic rings. The van der Waals surface area contributed by atoms with Crippen LogP contribution in [0.25, 0.3) is 0 Å². The van der Waals surface area contributed by atoms with Crippen molar-refractivity contribution < 1.29 is 4.79 Å². The number of aryl methyl sites for hydroxylation is 2. The first-order chi connectivity index (χ1) is 10.2. The smallest absolute Gasteiger partial charge is 0.228 e. The first-order valence-electron chi connectivity index (χ1n) is 7.29. The van der Waals surface area contributed by atoms with Crippen LogP contribution in [0.15, 0.2) is 47.4 Å². The maximum Gasteiger partial charge on any atom is 0.228 e. The highest BCUT2D eigenvalue weighted by Crippen LogP contribution is 2.23. The van der Waals surface area contributed by atoms with Crippen molar-refractivity contribution in [3.63, 3.8) is 0 Å². The second-order valence-corrected chi connectivity index (χ2v) is 6.29. The first kappa shape index (κ1) is 14.2. The lowest BCUT2D eigenvalue weighted by Gasteiger charge is -2.08. The minimum Gasteiger partial charge on any atom is -0.326 e. The van der Waals surface area contributed by atoms with Crippen molar-refractivity contribution in [3.05, 3.63) is 59.2 Å². The van der Waals surface area contributed by atoms with Crippen molar-refractivity contribution in [1.82, 2.24) is 0 Å². The minimum atomic E-state index is 0.0474.